The predicted octanol–water partition coefficient (Wildman–Crippen LogP) is 9.15. The highest BCUT2D eigenvalue weighted by molar-refractivity contribution is 7.19. The number of nitrogens with zero attached hydrogens (tertiary/aromatic N) is 1. The second kappa shape index (κ2) is 19.2. The topological polar surface area (TPSA) is 110 Å². The lowest BCUT2D eigenvalue weighted by Gasteiger charge is -2.10. The molecular weight excluding hydrogens is 679 g/mol. The fourth-order valence-electron chi connectivity index (χ4n) is 5.40. The average molecular weight is 722 g/mol. The van der Waals surface area contributed by atoms with Crippen LogP contribution in [0.1, 0.15) is 75.9 Å². The number of methoxy groups -OCH3 is 1. The molecule has 0 amide bonds. The summed E-state index contributed by atoms with van der Waals surface area (Å²) in [5, 5.41) is 0.813. The fourth-order valence-corrected chi connectivity index (χ4v) is 6.43. The molecule has 0 atom stereocenters. The molecular formula is C42H43NO8S. The highest BCUT2D eigenvalue weighted by atomic mass is 32.1. The van der Waals surface area contributed by atoms with Gasteiger partial charge in [-0.25, -0.2) is 19.4 Å². The summed E-state index contributed by atoms with van der Waals surface area (Å²) in [6.07, 6.45) is 7.99. The minimum atomic E-state index is -0.532. The van der Waals surface area contributed by atoms with Gasteiger partial charge in [-0.2, -0.15) is 0 Å². The van der Waals surface area contributed by atoms with Crippen molar-refractivity contribution in [1.82, 2.24) is 4.98 Å². The molecule has 1 aromatic heterocycles. The molecule has 1 heterocycles. The summed E-state index contributed by atoms with van der Waals surface area (Å²) in [7, 11) is 1.64. The molecule has 0 aliphatic carbocycles. The Balaban J connectivity index is 1.25. The van der Waals surface area contributed by atoms with Crippen molar-refractivity contribution in [3.05, 3.63) is 125 Å². The lowest BCUT2D eigenvalue weighted by atomic mass is 10.1. The van der Waals surface area contributed by atoms with Crippen LogP contribution >= 0.6 is 11.3 Å². The number of hydrogen-bond acceptors (Lipinski definition) is 10. The SMILES string of the molecule is C=CC(=O)OCCCCCCOc1ccc(C(=O)Oc2ccc(OC(=O)c3ccc(CCC)cc3)c3nc(CCc4ccc(OC)cc4)sc23)cc1. The van der Waals surface area contributed by atoms with Crippen molar-refractivity contribution >= 4 is 39.5 Å². The van der Waals surface area contributed by atoms with Gasteiger partial charge < -0.3 is 23.7 Å². The van der Waals surface area contributed by atoms with Gasteiger partial charge in [-0.15, -0.1) is 11.3 Å². The molecule has 5 rings (SSSR count). The van der Waals surface area contributed by atoms with Crippen LogP contribution in [0, 0.1) is 0 Å². The van der Waals surface area contributed by atoms with E-state index in [1.165, 1.54) is 11.3 Å². The maximum absolute atomic E-state index is 13.3. The maximum atomic E-state index is 13.3. The molecule has 0 N–H and O–H groups in total. The van der Waals surface area contributed by atoms with E-state index in [1.54, 1.807) is 55.6 Å². The fraction of sp³-hybridized carbons (Fsp3) is 0.286. The first kappa shape index (κ1) is 37.8. The minimum absolute atomic E-state index is 0.294. The third-order valence-corrected chi connectivity index (χ3v) is 9.37. The zero-order valence-electron chi connectivity index (χ0n) is 29.6. The van der Waals surface area contributed by atoms with Crippen LogP contribution in [0.5, 0.6) is 23.0 Å². The van der Waals surface area contributed by atoms with Crippen molar-refractivity contribution in [3.8, 4) is 23.0 Å². The summed E-state index contributed by atoms with van der Waals surface area (Å²) in [6.45, 7) is 6.41. The number of rotatable bonds is 19. The van der Waals surface area contributed by atoms with E-state index in [-0.39, 0.29) is 0 Å². The van der Waals surface area contributed by atoms with Gasteiger partial charge in [-0.05, 0) is 110 Å². The van der Waals surface area contributed by atoms with E-state index in [9.17, 15) is 14.4 Å². The number of carbonyl (C=O) groups is 3. The van der Waals surface area contributed by atoms with Gasteiger partial charge in [0.05, 0.1) is 36.5 Å². The van der Waals surface area contributed by atoms with Gasteiger partial charge in [0.25, 0.3) is 0 Å². The number of carbonyl (C=O) groups excluding carboxylic acids is 3. The lowest BCUT2D eigenvalue weighted by molar-refractivity contribution is -0.137. The number of aromatic nitrogens is 1. The molecule has 0 spiro atoms. The monoisotopic (exact) mass is 721 g/mol. The van der Waals surface area contributed by atoms with Gasteiger partial charge in [0, 0.05) is 12.5 Å². The Labute approximate surface area is 308 Å². The summed E-state index contributed by atoms with van der Waals surface area (Å²) in [5.41, 5.74) is 3.54. The number of aryl methyl sites for hydroxylation is 3. The molecule has 52 heavy (non-hydrogen) atoms. The molecule has 0 aliphatic heterocycles. The summed E-state index contributed by atoms with van der Waals surface area (Å²) in [5.74, 6) is 0.634. The quantitative estimate of drug-likeness (QED) is 0.0357. The summed E-state index contributed by atoms with van der Waals surface area (Å²) >= 11 is 1.40. The third kappa shape index (κ3) is 10.8. The van der Waals surface area contributed by atoms with Crippen molar-refractivity contribution in [3.63, 3.8) is 0 Å². The van der Waals surface area contributed by atoms with E-state index in [4.69, 9.17) is 28.7 Å². The first-order valence-corrected chi connectivity index (χ1v) is 18.3. The van der Waals surface area contributed by atoms with E-state index in [1.807, 2.05) is 36.4 Å². The first-order valence-electron chi connectivity index (χ1n) is 17.5. The van der Waals surface area contributed by atoms with Crippen LogP contribution in [0.4, 0.5) is 0 Å². The molecule has 270 valence electrons. The normalized spacial score (nSPS) is 10.8. The van der Waals surface area contributed by atoms with Crippen LogP contribution in [0.3, 0.4) is 0 Å². The average Bonchev–Trinajstić information content (AvgIpc) is 3.62. The standard InChI is InChI=1S/C42H43NO8S/c1-4-10-29-11-16-31(17-12-29)41(45)50-35-24-25-36(40-39(35)43-37(52-40)26-15-30-13-20-33(47-3)21-14-30)51-42(46)32-18-22-34(23-19-32)48-27-8-6-7-9-28-49-38(44)5-2/h5,11-14,16-25H,2,4,6-10,15,26-28H2,1,3H3. The van der Waals surface area contributed by atoms with E-state index < -0.39 is 17.9 Å². The van der Waals surface area contributed by atoms with Crippen LogP contribution in [0.2, 0.25) is 0 Å². The number of unbranched alkanes of at least 4 members (excludes halogenated alkanes) is 3. The molecule has 0 unspecified atom stereocenters. The second-order valence-electron chi connectivity index (χ2n) is 12.1. The zero-order valence-corrected chi connectivity index (χ0v) is 30.4. The predicted molar refractivity (Wildman–Crippen MR) is 202 cm³/mol. The second-order valence-corrected chi connectivity index (χ2v) is 13.2. The lowest BCUT2D eigenvalue weighted by Crippen LogP contribution is -2.10. The largest absolute Gasteiger partial charge is 0.497 e. The highest BCUT2D eigenvalue weighted by Crippen LogP contribution is 2.38. The molecule has 0 fully saturated rings. The van der Waals surface area contributed by atoms with E-state index in [0.29, 0.717) is 58.2 Å². The Morgan fingerprint density at radius 3 is 1.92 bits per heavy atom. The Morgan fingerprint density at radius 2 is 1.27 bits per heavy atom. The molecule has 5 aromatic rings. The molecule has 0 bridgehead atoms. The molecule has 4 aromatic carbocycles. The van der Waals surface area contributed by atoms with E-state index >= 15 is 0 Å². The van der Waals surface area contributed by atoms with Gasteiger partial charge in [-0.3, -0.25) is 0 Å². The maximum Gasteiger partial charge on any atom is 0.343 e. The number of hydrogen-bond donors (Lipinski definition) is 0. The molecule has 10 heteroatoms. The Kier molecular flexibility index (Phi) is 14.0. The minimum Gasteiger partial charge on any atom is -0.497 e. The van der Waals surface area contributed by atoms with Crippen molar-refractivity contribution < 1.29 is 38.1 Å². The number of thiazole rings is 1. The van der Waals surface area contributed by atoms with Crippen molar-refractivity contribution in [2.45, 2.75) is 58.3 Å². The molecule has 0 saturated heterocycles. The smallest absolute Gasteiger partial charge is 0.343 e. The van der Waals surface area contributed by atoms with Gasteiger partial charge in [-0.1, -0.05) is 44.2 Å². The van der Waals surface area contributed by atoms with E-state index in [0.717, 1.165) is 72.9 Å². The number of benzene rings is 4. The van der Waals surface area contributed by atoms with Crippen molar-refractivity contribution in [1.29, 1.82) is 0 Å². The molecule has 0 saturated carbocycles. The Hall–Kier alpha value is -5.48. The summed E-state index contributed by atoms with van der Waals surface area (Å²) < 4.78 is 28.5. The van der Waals surface area contributed by atoms with Crippen LogP contribution in [-0.2, 0) is 28.8 Å². The number of esters is 3. The van der Waals surface area contributed by atoms with Gasteiger partial charge in [0.15, 0.2) is 11.5 Å². The third-order valence-electron chi connectivity index (χ3n) is 8.24. The van der Waals surface area contributed by atoms with Crippen LogP contribution in [0.25, 0.3) is 10.2 Å². The van der Waals surface area contributed by atoms with Crippen LogP contribution in [-0.4, -0.2) is 43.2 Å². The van der Waals surface area contributed by atoms with Gasteiger partial charge in [0.2, 0.25) is 0 Å². The van der Waals surface area contributed by atoms with Crippen LogP contribution in [0.15, 0.2) is 97.6 Å². The zero-order chi connectivity index (χ0) is 36.7. The van der Waals surface area contributed by atoms with Crippen LogP contribution < -0.4 is 18.9 Å². The highest BCUT2D eigenvalue weighted by Gasteiger charge is 2.20. The summed E-state index contributed by atoms with van der Waals surface area (Å²) in [6, 6.07) is 25.4. The Bertz CT molecular complexity index is 1950. The van der Waals surface area contributed by atoms with Gasteiger partial charge in [0.1, 0.15) is 21.7 Å². The van der Waals surface area contributed by atoms with Crippen molar-refractivity contribution in [2.75, 3.05) is 20.3 Å². The molecule has 0 aliphatic rings. The summed E-state index contributed by atoms with van der Waals surface area (Å²) in [4.78, 5) is 42.4. The van der Waals surface area contributed by atoms with E-state index in [2.05, 4.69) is 13.5 Å². The molecule has 9 nitrogen and oxygen atoms in total. The van der Waals surface area contributed by atoms with Gasteiger partial charge >= 0.3 is 17.9 Å². The van der Waals surface area contributed by atoms with Crippen molar-refractivity contribution in [2.24, 2.45) is 0 Å². The molecule has 0 radical (unpaired) electrons. The Morgan fingerprint density at radius 1 is 0.692 bits per heavy atom. The first-order chi connectivity index (χ1) is 25.4. The number of ether oxygens (including phenoxy) is 5. The number of fused-ring (bicyclic) bond motifs is 1.